The van der Waals surface area contributed by atoms with Gasteiger partial charge in [0, 0.05) is 23.7 Å². The fourth-order valence-corrected chi connectivity index (χ4v) is 2.02. The maximum atomic E-state index is 12.0. The van der Waals surface area contributed by atoms with Crippen LogP contribution in [0.2, 0.25) is 0 Å². The number of carbonyl (C=O) groups is 1. The smallest absolute Gasteiger partial charge is 0.255 e. The van der Waals surface area contributed by atoms with E-state index in [2.05, 4.69) is 15.6 Å². The Bertz CT molecular complexity index is 713. The molecule has 1 aromatic carbocycles. The number of aromatic nitrogens is 1. The molecule has 1 amide bonds. The zero-order valence-corrected chi connectivity index (χ0v) is 12.2. The molecule has 0 aliphatic heterocycles. The first-order chi connectivity index (χ1) is 9.94. The predicted molar refractivity (Wildman–Crippen MR) is 82.0 cm³/mol. The highest BCUT2D eigenvalue weighted by Gasteiger charge is 2.06. The Kier molecular flexibility index (Phi) is 4.54. The summed E-state index contributed by atoms with van der Waals surface area (Å²) in [6.07, 6.45) is 4.33. The fourth-order valence-electron chi connectivity index (χ4n) is 1.59. The maximum absolute atomic E-state index is 12.0. The molecule has 0 radical (unpaired) electrons. The molecular formula is C14H15N3O3S. The molecule has 21 heavy (non-hydrogen) atoms. The van der Waals surface area contributed by atoms with Gasteiger partial charge in [-0.3, -0.25) is 9.78 Å². The molecule has 6 nitrogen and oxygen atoms in total. The van der Waals surface area contributed by atoms with Crippen LogP contribution in [0, 0.1) is 0 Å². The minimum Gasteiger partial charge on any atom is -0.372 e. The summed E-state index contributed by atoms with van der Waals surface area (Å²) in [5, 5.41) is 5.49. The van der Waals surface area contributed by atoms with E-state index >= 15 is 0 Å². The van der Waals surface area contributed by atoms with Gasteiger partial charge >= 0.3 is 0 Å². The molecule has 0 spiro atoms. The van der Waals surface area contributed by atoms with Crippen LogP contribution in [0.5, 0.6) is 0 Å². The fraction of sp³-hybridized carbons (Fsp3) is 0.143. The van der Waals surface area contributed by atoms with Crippen LogP contribution >= 0.6 is 0 Å². The summed E-state index contributed by atoms with van der Waals surface area (Å²) in [6, 6.07) is 10.0. The minimum absolute atomic E-state index is 0.145. The lowest BCUT2D eigenvalue weighted by molar-refractivity contribution is 0.102. The van der Waals surface area contributed by atoms with E-state index in [1.54, 1.807) is 48.8 Å². The van der Waals surface area contributed by atoms with Crippen molar-refractivity contribution >= 4 is 27.1 Å². The number of rotatable bonds is 5. The first-order valence-electron chi connectivity index (χ1n) is 6.17. The third-order valence-electron chi connectivity index (χ3n) is 2.60. The van der Waals surface area contributed by atoms with Gasteiger partial charge in [0.2, 0.25) is 0 Å². The molecule has 0 aliphatic rings. The van der Waals surface area contributed by atoms with Gasteiger partial charge < -0.3 is 10.6 Å². The average molecular weight is 305 g/mol. The van der Waals surface area contributed by atoms with Gasteiger partial charge in [-0.05, 0) is 36.4 Å². The molecule has 110 valence electrons. The number of nitrogens with one attached hydrogen (secondary N) is 2. The number of carbonyl (C=O) groups excluding carboxylic acids is 1. The lowest BCUT2D eigenvalue weighted by Crippen LogP contribution is -2.13. The number of anilines is 2. The van der Waals surface area contributed by atoms with Gasteiger partial charge in [0.1, 0.15) is 5.88 Å². The zero-order chi connectivity index (χ0) is 15.3. The van der Waals surface area contributed by atoms with Crippen LogP contribution in [-0.2, 0) is 9.84 Å². The molecule has 0 saturated heterocycles. The SMILES string of the molecule is CS(=O)(=O)CNc1ccc(C(=O)Nc2cccnc2)cc1. The van der Waals surface area contributed by atoms with Gasteiger partial charge in [0.25, 0.3) is 5.91 Å². The summed E-state index contributed by atoms with van der Waals surface area (Å²) < 4.78 is 22.1. The van der Waals surface area contributed by atoms with E-state index in [-0.39, 0.29) is 11.8 Å². The van der Waals surface area contributed by atoms with Crippen molar-refractivity contribution in [1.29, 1.82) is 0 Å². The summed E-state index contributed by atoms with van der Waals surface area (Å²) in [7, 11) is -3.09. The Morgan fingerprint density at radius 3 is 2.43 bits per heavy atom. The van der Waals surface area contributed by atoms with Crippen molar-refractivity contribution in [1.82, 2.24) is 4.98 Å². The second kappa shape index (κ2) is 6.36. The van der Waals surface area contributed by atoms with Crippen molar-refractivity contribution < 1.29 is 13.2 Å². The van der Waals surface area contributed by atoms with Crippen molar-refractivity contribution in [2.75, 3.05) is 22.8 Å². The molecule has 0 bridgehead atoms. The number of amides is 1. The molecule has 2 N–H and O–H groups in total. The van der Waals surface area contributed by atoms with Crippen LogP contribution < -0.4 is 10.6 Å². The Balaban J connectivity index is 2.00. The number of pyridine rings is 1. The molecule has 0 aliphatic carbocycles. The summed E-state index contributed by atoms with van der Waals surface area (Å²) in [5.74, 6) is -0.397. The van der Waals surface area contributed by atoms with Crippen molar-refractivity contribution in [2.24, 2.45) is 0 Å². The molecular weight excluding hydrogens is 290 g/mol. The van der Waals surface area contributed by atoms with Crippen molar-refractivity contribution in [3.8, 4) is 0 Å². The van der Waals surface area contributed by atoms with Crippen molar-refractivity contribution in [2.45, 2.75) is 0 Å². The molecule has 2 aromatic rings. The van der Waals surface area contributed by atoms with Gasteiger partial charge in [-0.2, -0.15) is 0 Å². The Hall–Kier alpha value is -2.41. The van der Waals surface area contributed by atoms with E-state index in [1.165, 1.54) is 0 Å². The van der Waals surface area contributed by atoms with Crippen LogP contribution in [0.4, 0.5) is 11.4 Å². The standard InChI is InChI=1S/C14H15N3O3S/c1-21(19,20)10-16-12-6-4-11(5-7-12)14(18)17-13-3-2-8-15-9-13/h2-9,16H,10H2,1H3,(H,17,18). The lowest BCUT2D eigenvalue weighted by Gasteiger charge is -2.07. The number of sulfone groups is 1. The number of benzene rings is 1. The van der Waals surface area contributed by atoms with Crippen LogP contribution in [0.25, 0.3) is 0 Å². The van der Waals surface area contributed by atoms with E-state index in [0.29, 0.717) is 16.9 Å². The van der Waals surface area contributed by atoms with E-state index in [0.717, 1.165) is 6.26 Å². The number of hydrogen-bond donors (Lipinski definition) is 2. The monoisotopic (exact) mass is 305 g/mol. The minimum atomic E-state index is -3.09. The molecule has 0 saturated carbocycles. The number of nitrogens with zero attached hydrogens (tertiary/aromatic N) is 1. The second-order valence-corrected chi connectivity index (χ2v) is 6.66. The van der Waals surface area contributed by atoms with Gasteiger partial charge in [0.05, 0.1) is 11.9 Å². The summed E-state index contributed by atoms with van der Waals surface area (Å²) in [4.78, 5) is 15.9. The molecule has 1 heterocycles. The van der Waals surface area contributed by atoms with Crippen LogP contribution in [0.3, 0.4) is 0 Å². The number of hydrogen-bond acceptors (Lipinski definition) is 5. The van der Waals surface area contributed by atoms with Gasteiger partial charge in [-0.25, -0.2) is 8.42 Å². The van der Waals surface area contributed by atoms with Crippen LogP contribution in [-0.4, -0.2) is 31.4 Å². The lowest BCUT2D eigenvalue weighted by atomic mass is 10.2. The first-order valence-corrected chi connectivity index (χ1v) is 8.23. The second-order valence-electron chi connectivity index (χ2n) is 4.52. The maximum Gasteiger partial charge on any atom is 0.255 e. The highest BCUT2D eigenvalue weighted by Crippen LogP contribution is 2.12. The van der Waals surface area contributed by atoms with E-state index in [4.69, 9.17) is 0 Å². The normalized spacial score (nSPS) is 10.9. The Morgan fingerprint density at radius 2 is 1.86 bits per heavy atom. The Labute approximate surface area is 123 Å². The van der Waals surface area contributed by atoms with Crippen molar-refractivity contribution in [3.05, 3.63) is 54.4 Å². The molecule has 0 unspecified atom stereocenters. The molecule has 7 heteroatoms. The molecule has 0 fully saturated rings. The molecule has 2 rings (SSSR count). The highest BCUT2D eigenvalue weighted by atomic mass is 32.2. The quantitative estimate of drug-likeness (QED) is 0.878. The third kappa shape index (κ3) is 4.88. The Morgan fingerprint density at radius 1 is 1.14 bits per heavy atom. The van der Waals surface area contributed by atoms with Gasteiger partial charge in [-0.15, -0.1) is 0 Å². The van der Waals surface area contributed by atoms with Crippen LogP contribution in [0.15, 0.2) is 48.8 Å². The highest BCUT2D eigenvalue weighted by molar-refractivity contribution is 7.90. The van der Waals surface area contributed by atoms with E-state index in [1.807, 2.05) is 0 Å². The molecule has 0 atom stereocenters. The topological polar surface area (TPSA) is 88.2 Å². The van der Waals surface area contributed by atoms with Gasteiger partial charge in [-0.1, -0.05) is 0 Å². The molecule has 1 aromatic heterocycles. The summed E-state index contributed by atoms with van der Waals surface area (Å²) in [6.45, 7) is 0. The zero-order valence-electron chi connectivity index (χ0n) is 11.4. The first kappa shape index (κ1) is 15.0. The van der Waals surface area contributed by atoms with Crippen molar-refractivity contribution in [3.63, 3.8) is 0 Å². The average Bonchev–Trinajstić information content (AvgIpc) is 2.46. The largest absolute Gasteiger partial charge is 0.372 e. The van der Waals surface area contributed by atoms with E-state index in [9.17, 15) is 13.2 Å². The predicted octanol–water partition coefficient (Wildman–Crippen LogP) is 1.75. The van der Waals surface area contributed by atoms with Gasteiger partial charge in [0.15, 0.2) is 9.84 Å². The summed E-state index contributed by atoms with van der Waals surface area (Å²) >= 11 is 0. The third-order valence-corrected chi connectivity index (χ3v) is 3.27. The summed E-state index contributed by atoms with van der Waals surface area (Å²) in [5.41, 5.74) is 1.73. The van der Waals surface area contributed by atoms with E-state index < -0.39 is 9.84 Å². The van der Waals surface area contributed by atoms with Crippen LogP contribution in [0.1, 0.15) is 10.4 Å².